The molecule has 0 saturated carbocycles. The average Bonchev–Trinajstić information content (AvgIpc) is 3.01. The van der Waals surface area contributed by atoms with Crippen molar-refractivity contribution in [3.8, 4) is 0 Å². The molecule has 130 valence electrons. The summed E-state index contributed by atoms with van der Waals surface area (Å²) < 4.78 is 16.0. The van der Waals surface area contributed by atoms with Crippen molar-refractivity contribution in [1.29, 1.82) is 0 Å². The van der Waals surface area contributed by atoms with Gasteiger partial charge in [0.25, 0.3) is 0 Å². The smallest absolute Gasteiger partial charge is 0.338 e. The van der Waals surface area contributed by atoms with Crippen molar-refractivity contribution in [1.82, 2.24) is 0 Å². The maximum atomic E-state index is 12.2. The molecule has 0 radical (unpaired) electrons. The number of esters is 3. The molecule has 1 N–H and O–H groups in total. The first-order valence-corrected chi connectivity index (χ1v) is 8.01. The summed E-state index contributed by atoms with van der Waals surface area (Å²) in [7, 11) is 0. The van der Waals surface area contributed by atoms with E-state index in [-0.39, 0.29) is 23.7 Å². The van der Waals surface area contributed by atoms with E-state index in [9.17, 15) is 19.5 Å². The SMILES string of the molecule is C=C1C(=O)O[C@H]2C[C@H](CO)CC[C@@H](OC(C)=O)C3=C[C@@H](OC3=O)[C@H]12. The van der Waals surface area contributed by atoms with E-state index in [0.29, 0.717) is 19.3 Å². The van der Waals surface area contributed by atoms with Gasteiger partial charge in [-0.05, 0) is 31.3 Å². The van der Waals surface area contributed by atoms with Gasteiger partial charge < -0.3 is 19.3 Å². The molecule has 0 aromatic carbocycles. The van der Waals surface area contributed by atoms with E-state index in [2.05, 4.69) is 6.58 Å². The molecular weight excluding hydrogens is 316 g/mol. The molecule has 0 aromatic rings. The normalized spacial score (nSPS) is 35.7. The lowest BCUT2D eigenvalue weighted by atomic mass is 9.83. The van der Waals surface area contributed by atoms with Crippen LogP contribution < -0.4 is 0 Å². The predicted octanol–water partition coefficient (Wildman–Crippen LogP) is 0.660. The van der Waals surface area contributed by atoms with Crippen molar-refractivity contribution in [2.45, 2.75) is 44.5 Å². The summed E-state index contributed by atoms with van der Waals surface area (Å²) >= 11 is 0. The molecule has 0 spiro atoms. The van der Waals surface area contributed by atoms with Crippen LogP contribution in [0.4, 0.5) is 0 Å². The summed E-state index contributed by atoms with van der Waals surface area (Å²) in [5.74, 6) is -2.17. The molecule has 1 saturated heterocycles. The monoisotopic (exact) mass is 336 g/mol. The number of ether oxygens (including phenoxy) is 3. The Labute approximate surface area is 139 Å². The molecule has 3 aliphatic rings. The lowest BCUT2D eigenvalue weighted by molar-refractivity contribution is -0.147. The highest BCUT2D eigenvalue weighted by molar-refractivity contribution is 5.94. The highest BCUT2D eigenvalue weighted by Gasteiger charge is 2.48. The first kappa shape index (κ1) is 16.7. The van der Waals surface area contributed by atoms with Crippen LogP contribution in [0.2, 0.25) is 0 Å². The van der Waals surface area contributed by atoms with E-state index < -0.39 is 42.1 Å². The van der Waals surface area contributed by atoms with Gasteiger partial charge in [0.2, 0.25) is 0 Å². The van der Waals surface area contributed by atoms with Crippen molar-refractivity contribution in [3.05, 3.63) is 23.8 Å². The van der Waals surface area contributed by atoms with Crippen LogP contribution >= 0.6 is 0 Å². The molecule has 0 aromatic heterocycles. The Morgan fingerprint density at radius 2 is 2.08 bits per heavy atom. The largest absolute Gasteiger partial charge is 0.458 e. The number of carbonyl (C=O) groups excluding carboxylic acids is 3. The van der Waals surface area contributed by atoms with Gasteiger partial charge in [0.05, 0.1) is 11.5 Å². The number of hydrogen-bond donors (Lipinski definition) is 1. The Hall–Kier alpha value is -2.15. The Morgan fingerprint density at radius 3 is 2.75 bits per heavy atom. The predicted molar refractivity (Wildman–Crippen MR) is 80.5 cm³/mol. The van der Waals surface area contributed by atoms with Crippen LogP contribution in [0.5, 0.6) is 0 Å². The number of carbonyl (C=O) groups is 3. The Bertz CT molecular complexity index is 620. The van der Waals surface area contributed by atoms with Crippen LogP contribution in [-0.4, -0.2) is 47.9 Å². The van der Waals surface area contributed by atoms with Crippen molar-refractivity contribution in [3.63, 3.8) is 0 Å². The minimum atomic E-state index is -0.711. The summed E-state index contributed by atoms with van der Waals surface area (Å²) in [6.07, 6.45) is 1.10. The quantitative estimate of drug-likeness (QED) is 0.449. The molecule has 7 heteroatoms. The molecule has 2 heterocycles. The van der Waals surface area contributed by atoms with Crippen LogP contribution in [0.1, 0.15) is 26.2 Å². The van der Waals surface area contributed by atoms with Crippen molar-refractivity contribution in [2.24, 2.45) is 11.8 Å². The molecule has 3 rings (SSSR count). The van der Waals surface area contributed by atoms with Gasteiger partial charge in [-0.3, -0.25) is 4.79 Å². The Kier molecular flexibility index (Phi) is 4.45. The standard InChI is InChI=1S/C17H20O7/c1-8-15-13(23-16(8)20)5-10(7-18)3-4-12(22-9(2)19)11-6-14(15)24-17(11)21/h6,10,12-15,18H,1,3-5,7H2,2H3/t10-,12-,13+,14-,15-/m1/s1. The minimum Gasteiger partial charge on any atom is -0.458 e. The summed E-state index contributed by atoms with van der Waals surface area (Å²) in [6, 6.07) is 0. The highest BCUT2D eigenvalue weighted by atomic mass is 16.6. The molecule has 2 bridgehead atoms. The van der Waals surface area contributed by atoms with Gasteiger partial charge in [0, 0.05) is 19.1 Å². The van der Waals surface area contributed by atoms with Gasteiger partial charge in [-0.15, -0.1) is 0 Å². The van der Waals surface area contributed by atoms with Crippen LogP contribution in [0.3, 0.4) is 0 Å². The molecular formula is C17H20O7. The van der Waals surface area contributed by atoms with E-state index >= 15 is 0 Å². The number of rotatable bonds is 2. The number of aliphatic hydroxyl groups is 1. The van der Waals surface area contributed by atoms with Crippen LogP contribution in [0.25, 0.3) is 0 Å². The third-order valence-electron chi connectivity index (χ3n) is 4.82. The number of aliphatic hydroxyl groups excluding tert-OH is 1. The molecule has 0 unspecified atom stereocenters. The van der Waals surface area contributed by atoms with Gasteiger partial charge in [-0.1, -0.05) is 6.58 Å². The van der Waals surface area contributed by atoms with Crippen LogP contribution in [-0.2, 0) is 28.6 Å². The fourth-order valence-corrected chi connectivity index (χ4v) is 3.62. The molecule has 1 fully saturated rings. The summed E-state index contributed by atoms with van der Waals surface area (Å²) in [4.78, 5) is 35.4. The molecule has 0 amide bonds. The zero-order chi connectivity index (χ0) is 17.4. The van der Waals surface area contributed by atoms with Gasteiger partial charge in [-0.2, -0.15) is 0 Å². The summed E-state index contributed by atoms with van der Waals surface area (Å²) in [5, 5.41) is 9.61. The van der Waals surface area contributed by atoms with Gasteiger partial charge in [0.1, 0.15) is 18.3 Å². The number of hydrogen-bond acceptors (Lipinski definition) is 7. The second-order valence-electron chi connectivity index (χ2n) is 6.45. The third-order valence-corrected chi connectivity index (χ3v) is 4.82. The highest BCUT2D eigenvalue weighted by Crippen LogP contribution is 2.40. The van der Waals surface area contributed by atoms with Crippen molar-refractivity contribution >= 4 is 17.9 Å². The van der Waals surface area contributed by atoms with Crippen molar-refractivity contribution in [2.75, 3.05) is 6.61 Å². The zero-order valence-electron chi connectivity index (χ0n) is 13.4. The second-order valence-corrected chi connectivity index (χ2v) is 6.45. The average molecular weight is 336 g/mol. The zero-order valence-corrected chi connectivity index (χ0v) is 13.4. The maximum Gasteiger partial charge on any atom is 0.338 e. The Balaban J connectivity index is 1.96. The van der Waals surface area contributed by atoms with E-state index in [1.54, 1.807) is 6.08 Å². The van der Waals surface area contributed by atoms with Gasteiger partial charge in [0.15, 0.2) is 0 Å². The van der Waals surface area contributed by atoms with Gasteiger partial charge in [-0.25, -0.2) is 9.59 Å². The lowest BCUT2D eigenvalue weighted by Gasteiger charge is -2.26. The van der Waals surface area contributed by atoms with E-state index in [4.69, 9.17) is 14.2 Å². The summed E-state index contributed by atoms with van der Waals surface area (Å²) in [6.45, 7) is 4.96. The molecule has 7 nitrogen and oxygen atoms in total. The van der Waals surface area contributed by atoms with Crippen molar-refractivity contribution < 1.29 is 33.7 Å². The van der Waals surface area contributed by atoms with E-state index in [0.717, 1.165) is 0 Å². The summed E-state index contributed by atoms with van der Waals surface area (Å²) in [5.41, 5.74) is 0.538. The maximum absolute atomic E-state index is 12.2. The fourth-order valence-electron chi connectivity index (χ4n) is 3.62. The number of fused-ring (bicyclic) bond motifs is 3. The molecule has 24 heavy (non-hydrogen) atoms. The first-order valence-electron chi connectivity index (χ1n) is 8.01. The van der Waals surface area contributed by atoms with Crippen LogP contribution in [0, 0.1) is 11.8 Å². The lowest BCUT2D eigenvalue weighted by Crippen LogP contribution is -2.31. The van der Waals surface area contributed by atoms with Gasteiger partial charge >= 0.3 is 17.9 Å². The topological polar surface area (TPSA) is 99.1 Å². The first-order chi connectivity index (χ1) is 11.4. The Morgan fingerprint density at radius 1 is 1.33 bits per heavy atom. The second kappa shape index (κ2) is 6.39. The van der Waals surface area contributed by atoms with Crippen LogP contribution in [0.15, 0.2) is 23.8 Å². The molecule has 1 aliphatic carbocycles. The van der Waals surface area contributed by atoms with E-state index in [1.165, 1.54) is 6.92 Å². The molecule has 2 aliphatic heterocycles. The fraction of sp³-hybridized carbons (Fsp3) is 0.588. The van der Waals surface area contributed by atoms with E-state index in [1.807, 2.05) is 0 Å². The molecule has 5 atom stereocenters. The third kappa shape index (κ3) is 2.96. The minimum absolute atomic E-state index is 0.0848.